The maximum atomic E-state index is 13.2. The molecule has 0 saturated carbocycles. The third-order valence-corrected chi connectivity index (χ3v) is 15.6. The second kappa shape index (κ2) is 58.8. The van der Waals surface area contributed by atoms with E-state index in [0.717, 1.165) is 128 Å². The number of hydrogen-bond acceptors (Lipinski definition) is 11. The topological polar surface area (TPSA) is 175 Å². The van der Waals surface area contributed by atoms with Crippen LogP contribution in [0.1, 0.15) is 316 Å². The van der Waals surface area contributed by atoms with Crippen LogP contribution in [0.5, 0.6) is 0 Å². The maximum absolute atomic E-state index is 13.2. The van der Waals surface area contributed by atoms with Crippen molar-refractivity contribution in [3.8, 4) is 0 Å². The zero-order chi connectivity index (χ0) is 60.3. The van der Waals surface area contributed by atoms with Crippen LogP contribution < -0.4 is 0 Å². The minimum atomic E-state index is -1.91. The van der Waals surface area contributed by atoms with Crippen LogP contribution in [0.15, 0.2) is 60.8 Å². The average Bonchev–Trinajstić information content (AvgIpc) is 3.57. The van der Waals surface area contributed by atoms with Gasteiger partial charge in [-0.1, -0.05) is 274 Å². The van der Waals surface area contributed by atoms with Crippen molar-refractivity contribution in [2.45, 2.75) is 353 Å². The Balaban J connectivity index is 2.63. The second-order valence-electron chi connectivity index (χ2n) is 23.4. The second-order valence-corrected chi connectivity index (χ2v) is 23.4. The molecule has 1 aliphatic heterocycles. The number of carboxylic acids is 1. The SMILES string of the molecule is CC/C=C\C/C=C\C/C=C\C/C=C\CCCCCCCCC(=O)OCC(COC1OC(C(=O)O)C(O)C(O)C1OC(=O)CCCCCCCCCCCCCCCCCCCCC)OC(=O)CCCCCCC/C=C\CCCCCCCC. The summed E-state index contributed by atoms with van der Waals surface area (Å²) in [5.74, 6) is -3.12. The minimum Gasteiger partial charge on any atom is -0.479 e. The van der Waals surface area contributed by atoms with Crippen LogP contribution in [0, 0.1) is 0 Å². The maximum Gasteiger partial charge on any atom is 0.335 e. The molecule has 0 aromatic heterocycles. The van der Waals surface area contributed by atoms with Gasteiger partial charge < -0.3 is 39.0 Å². The molecule has 480 valence electrons. The number of ether oxygens (including phenoxy) is 5. The summed E-state index contributed by atoms with van der Waals surface area (Å²) < 4.78 is 28.6. The summed E-state index contributed by atoms with van der Waals surface area (Å²) in [5.41, 5.74) is 0. The molecule has 0 spiro atoms. The van der Waals surface area contributed by atoms with Crippen molar-refractivity contribution in [3.63, 3.8) is 0 Å². The van der Waals surface area contributed by atoms with Crippen LogP contribution in [-0.2, 0) is 42.9 Å². The van der Waals surface area contributed by atoms with Gasteiger partial charge in [0.1, 0.15) is 18.8 Å². The van der Waals surface area contributed by atoms with Gasteiger partial charge in [0.05, 0.1) is 6.61 Å². The summed E-state index contributed by atoms with van der Waals surface area (Å²) in [4.78, 5) is 51.4. The summed E-state index contributed by atoms with van der Waals surface area (Å²) in [7, 11) is 0. The first kappa shape index (κ1) is 77.4. The van der Waals surface area contributed by atoms with Gasteiger partial charge in [0.15, 0.2) is 24.6 Å². The fourth-order valence-electron chi connectivity index (χ4n) is 10.4. The molecule has 0 bridgehead atoms. The molecule has 1 aliphatic rings. The molecule has 0 aliphatic carbocycles. The summed E-state index contributed by atoms with van der Waals surface area (Å²) in [6.45, 7) is 5.91. The quantitative estimate of drug-likeness (QED) is 0.0228. The van der Waals surface area contributed by atoms with E-state index in [9.17, 15) is 34.5 Å². The number of rotatable bonds is 59. The summed E-state index contributed by atoms with van der Waals surface area (Å²) in [5, 5.41) is 31.6. The fraction of sp³-hybridized carbons (Fsp3) is 0.803. The lowest BCUT2D eigenvalue weighted by atomic mass is 9.98. The average molecular weight is 1170 g/mol. The Bertz CT molecular complexity index is 1670. The predicted molar refractivity (Wildman–Crippen MR) is 340 cm³/mol. The molecule has 1 fully saturated rings. The first-order chi connectivity index (χ1) is 40.6. The van der Waals surface area contributed by atoms with Gasteiger partial charge in [-0.05, 0) is 83.5 Å². The monoisotopic (exact) mass is 1170 g/mol. The van der Waals surface area contributed by atoms with E-state index in [1.807, 2.05) is 0 Å². The molecule has 1 heterocycles. The molecule has 0 aromatic rings. The number of aliphatic hydroxyl groups excluding tert-OH is 2. The Morgan fingerprint density at radius 3 is 1.17 bits per heavy atom. The van der Waals surface area contributed by atoms with Crippen LogP contribution in [-0.4, -0.2) is 89.2 Å². The first-order valence-electron chi connectivity index (χ1n) is 34.3. The first-order valence-corrected chi connectivity index (χ1v) is 34.3. The van der Waals surface area contributed by atoms with E-state index in [0.29, 0.717) is 19.3 Å². The molecule has 0 aromatic carbocycles. The van der Waals surface area contributed by atoms with E-state index >= 15 is 0 Å². The number of hydrogen-bond donors (Lipinski definition) is 3. The summed E-state index contributed by atoms with van der Waals surface area (Å²) in [6, 6.07) is 0. The number of carbonyl (C=O) groups excluding carboxylic acids is 3. The van der Waals surface area contributed by atoms with Crippen molar-refractivity contribution in [1.82, 2.24) is 0 Å². The van der Waals surface area contributed by atoms with Crippen LogP contribution >= 0.6 is 0 Å². The standard InChI is InChI=1S/C71H124O12/c1-4-7-10-13-16-19-22-25-28-30-32-34-37-39-42-45-48-51-54-57-63(72)79-60-62(81-64(73)58-55-52-49-46-43-40-36-27-24-21-18-15-12-9-6-3)61-80-71-69(67(76)66(75)68(83-71)70(77)78)82-65(74)59-56-53-50-47-44-41-38-35-33-31-29-26-23-20-17-14-11-8-5-2/h7,10,16,19,25,27-28,32,34,36,62,66-69,71,75-76H,4-6,8-9,11-15,17-18,20-24,26,29-31,33,35,37-61H2,1-3H3,(H,77,78)/b10-7-,19-16-,28-25-,34-32-,36-27-. The van der Waals surface area contributed by atoms with E-state index in [1.54, 1.807) is 0 Å². The highest BCUT2D eigenvalue weighted by Crippen LogP contribution is 2.27. The van der Waals surface area contributed by atoms with Crippen molar-refractivity contribution in [3.05, 3.63) is 60.8 Å². The Morgan fingerprint density at radius 2 is 0.759 bits per heavy atom. The molecule has 3 N–H and O–H groups in total. The zero-order valence-corrected chi connectivity index (χ0v) is 53.2. The molecule has 0 radical (unpaired) electrons. The summed E-state index contributed by atoms with van der Waals surface area (Å²) >= 11 is 0. The lowest BCUT2D eigenvalue weighted by Crippen LogP contribution is -2.61. The molecule has 6 unspecified atom stereocenters. The van der Waals surface area contributed by atoms with Crippen molar-refractivity contribution < 1.29 is 58.2 Å². The van der Waals surface area contributed by atoms with Gasteiger partial charge in [-0.2, -0.15) is 0 Å². The molecule has 12 nitrogen and oxygen atoms in total. The van der Waals surface area contributed by atoms with Crippen LogP contribution in [0.2, 0.25) is 0 Å². The van der Waals surface area contributed by atoms with Gasteiger partial charge in [-0.25, -0.2) is 4.79 Å². The Hall–Kier alpha value is -3.58. The Morgan fingerprint density at radius 1 is 0.410 bits per heavy atom. The Labute approximate surface area is 506 Å². The third-order valence-electron chi connectivity index (χ3n) is 15.6. The zero-order valence-electron chi connectivity index (χ0n) is 53.2. The highest BCUT2D eigenvalue weighted by atomic mass is 16.7. The minimum absolute atomic E-state index is 0.0620. The van der Waals surface area contributed by atoms with Gasteiger partial charge in [0, 0.05) is 19.3 Å². The molecule has 6 atom stereocenters. The van der Waals surface area contributed by atoms with Gasteiger partial charge in [-0.15, -0.1) is 0 Å². The van der Waals surface area contributed by atoms with Gasteiger partial charge in [0.25, 0.3) is 0 Å². The van der Waals surface area contributed by atoms with Crippen molar-refractivity contribution in [2.24, 2.45) is 0 Å². The van der Waals surface area contributed by atoms with E-state index in [2.05, 4.69) is 81.5 Å². The molecule has 1 saturated heterocycles. The number of aliphatic carboxylic acids is 1. The fourth-order valence-corrected chi connectivity index (χ4v) is 10.4. The van der Waals surface area contributed by atoms with Gasteiger partial charge in [-0.3, -0.25) is 14.4 Å². The van der Waals surface area contributed by atoms with Gasteiger partial charge in [0.2, 0.25) is 0 Å². The van der Waals surface area contributed by atoms with Crippen molar-refractivity contribution in [1.29, 1.82) is 0 Å². The van der Waals surface area contributed by atoms with Crippen molar-refractivity contribution >= 4 is 23.9 Å². The van der Waals surface area contributed by atoms with Crippen LogP contribution in [0.4, 0.5) is 0 Å². The number of allylic oxidation sites excluding steroid dienone is 10. The van der Waals surface area contributed by atoms with Crippen LogP contribution in [0.25, 0.3) is 0 Å². The number of esters is 3. The molecule has 12 heteroatoms. The number of unbranched alkanes of at least 4 members (excludes halogenated alkanes) is 35. The normalized spacial score (nSPS) is 17.9. The molecule has 1 rings (SSSR count). The highest BCUT2D eigenvalue weighted by Gasteiger charge is 2.50. The molecule has 0 amide bonds. The third kappa shape index (κ3) is 48.3. The lowest BCUT2D eigenvalue weighted by molar-refractivity contribution is -0.301. The molecular weight excluding hydrogens is 1040 g/mol. The summed E-state index contributed by atoms with van der Waals surface area (Å²) in [6.07, 6.45) is 61.7. The van der Waals surface area contributed by atoms with Crippen LogP contribution in [0.3, 0.4) is 0 Å². The number of carboxylic acid groups (broad SMARTS) is 1. The van der Waals surface area contributed by atoms with E-state index < -0.39 is 67.3 Å². The Kier molecular flexibility index (Phi) is 54.8. The predicted octanol–water partition coefficient (Wildman–Crippen LogP) is 18.7. The lowest BCUT2D eigenvalue weighted by Gasteiger charge is -2.40. The number of aliphatic hydroxyl groups is 2. The van der Waals surface area contributed by atoms with E-state index in [1.165, 1.54) is 128 Å². The van der Waals surface area contributed by atoms with E-state index in [4.69, 9.17) is 23.7 Å². The number of carbonyl (C=O) groups is 4. The van der Waals surface area contributed by atoms with E-state index in [-0.39, 0.29) is 25.9 Å². The van der Waals surface area contributed by atoms with Gasteiger partial charge >= 0.3 is 23.9 Å². The molecular formula is C71H124O12. The van der Waals surface area contributed by atoms with Crippen molar-refractivity contribution in [2.75, 3.05) is 13.2 Å². The molecule has 83 heavy (non-hydrogen) atoms. The highest BCUT2D eigenvalue weighted by molar-refractivity contribution is 5.74. The smallest absolute Gasteiger partial charge is 0.335 e. The largest absolute Gasteiger partial charge is 0.479 e.